The number of hydrogen-bond acceptors (Lipinski definition) is 9. The van der Waals surface area contributed by atoms with Gasteiger partial charge in [0.05, 0.1) is 12.7 Å². The number of ether oxygens (including phenoxy) is 2. The highest BCUT2D eigenvalue weighted by Crippen LogP contribution is 2.29. The molecule has 0 unspecified atom stereocenters. The summed E-state index contributed by atoms with van der Waals surface area (Å²) in [6.07, 6.45) is 6.98. The fourth-order valence-corrected chi connectivity index (χ4v) is 6.14. The molecule has 45 heavy (non-hydrogen) atoms. The minimum absolute atomic E-state index is 0.0324. The predicted molar refractivity (Wildman–Crippen MR) is 171 cm³/mol. The number of nitriles is 1. The zero-order chi connectivity index (χ0) is 31.6. The number of carbonyl (C=O) groups excluding carboxylic acids is 1. The maximum absolute atomic E-state index is 13.5. The average Bonchev–Trinajstić information content (AvgIpc) is 3.42. The number of H-pyrrole nitrogens is 1. The summed E-state index contributed by atoms with van der Waals surface area (Å²) in [5, 5.41) is 15.4. The molecule has 1 fully saturated rings. The highest BCUT2D eigenvalue weighted by atomic mass is 32.1. The summed E-state index contributed by atoms with van der Waals surface area (Å²) < 4.78 is 27.4. The summed E-state index contributed by atoms with van der Waals surface area (Å²) in [6.45, 7) is 0.891. The van der Waals surface area contributed by atoms with E-state index < -0.39 is 0 Å². The van der Waals surface area contributed by atoms with Crippen LogP contribution in [0.5, 0.6) is 0 Å². The molecular weight excluding hydrogens is 595 g/mol. The number of aromatic nitrogens is 3. The molecule has 0 aliphatic heterocycles. The van der Waals surface area contributed by atoms with E-state index in [0.29, 0.717) is 49.8 Å². The van der Waals surface area contributed by atoms with Crippen LogP contribution in [0.3, 0.4) is 0 Å². The number of anilines is 3. The van der Waals surface area contributed by atoms with Gasteiger partial charge in [0.25, 0.3) is 5.56 Å². The molecule has 1 aliphatic rings. The van der Waals surface area contributed by atoms with E-state index in [1.54, 1.807) is 25.4 Å². The molecule has 1 saturated carbocycles. The normalized spacial score (nSPS) is 16.2. The number of pyridine rings is 2. The van der Waals surface area contributed by atoms with E-state index in [2.05, 4.69) is 20.0 Å². The van der Waals surface area contributed by atoms with E-state index in [1.165, 1.54) is 23.7 Å². The molecule has 234 valence electrons. The number of methoxy groups -OCH3 is 1. The average molecular weight is 631 g/mol. The Hall–Kier alpha value is -4.44. The lowest BCUT2D eigenvalue weighted by Gasteiger charge is -2.26. The molecule has 4 aromatic rings. The van der Waals surface area contributed by atoms with Crippen LogP contribution in [0.4, 0.5) is 21.7 Å². The van der Waals surface area contributed by atoms with Gasteiger partial charge >= 0.3 is 0 Å². The zero-order valence-electron chi connectivity index (χ0n) is 25.0. The van der Waals surface area contributed by atoms with Gasteiger partial charge in [0.15, 0.2) is 0 Å². The van der Waals surface area contributed by atoms with Gasteiger partial charge in [-0.2, -0.15) is 5.26 Å². The molecule has 1 aromatic carbocycles. The highest BCUT2D eigenvalue weighted by molar-refractivity contribution is 7.05. The Bertz CT molecular complexity index is 1690. The van der Waals surface area contributed by atoms with Crippen molar-refractivity contribution in [3.8, 4) is 17.2 Å². The smallest absolute Gasteiger partial charge is 0.276 e. The number of nitrogens with one attached hydrogen (secondary N) is 3. The Morgan fingerprint density at radius 2 is 1.84 bits per heavy atom. The Labute approximate surface area is 264 Å². The summed E-state index contributed by atoms with van der Waals surface area (Å²) in [6, 6.07) is 15.6. The van der Waals surface area contributed by atoms with Crippen LogP contribution >= 0.6 is 11.5 Å². The number of nitrogens with zero attached hydrogens (tertiary/aromatic N) is 3. The number of hydrogen-bond donors (Lipinski definition) is 3. The third kappa shape index (κ3) is 8.82. The van der Waals surface area contributed by atoms with Gasteiger partial charge < -0.3 is 20.1 Å². The van der Waals surface area contributed by atoms with Crippen LogP contribution in [0.2, 0.25) is 0 Å². The van der Waals surface area contributed by atoms with Crippen LogP contribution in [0.15, 0.2) is 59.5 Å². The minimum Gasteiger partial charge on any atom is -0.381 e. The van der Waals surface area contributed by atoms with Crippen molar-refractivity contribution in [1.29, 1.82) is 5.26 Å². The number of aryl methyl sites for hydroxylation is 1. The molecule has 3 aromatic heterocycles. The molecule has 1 amide bonds. The number of rotatable bonds is 13. The lowest BCUT2D eigenvalue weighted by molar-refractivity contribution is -0.121. The maximum atomic E-state index is 13.5. The van der Waals surface area contributed by atoms with Crippen LogP contribution in [-0.4, -0.2) is 46.7 Å². The van der Waals surface area contributed by atoms with Gasteiger partial charge in [0, 0.05) is 48.5 Å². The first kappa shape index (κ1) is 32.0. The molecule has 1 aliphatic carbocycles. The number of aromatic amines is 1. The Balaban J connectivity index is 1.25. The number of benzene rings is 1. The molecule has 0 spiro atoms. The van der Waals surface area contributed by atoms with Crippen molar-refractivity contribution >= 4 is 34.8 Å². The first-order valence-electron chi connectivity index (χ1n) is 14.9. The monoisotopic (exact) mass is 630 g/mol. The van der Waals surface area contributed by atoms with Crippen molar-refractivity contribution < 1.29 is 18.7 Å². The molecule has 3 N–H and O–H groups in total. The van der Waals surface area contributed by atoms with Crippen LogP contribution < -0.4 is 16.2 Å². The Morgan fingerprint density at radius 3 is 2.60 bits per heavy atom. The lowest BCUT2D eigenvalue weighted by Crippen LogP contribution is -2.29. The molecule has 3 heterocycles. The number of halogens is 1. The topological polar surface area (TPSA) is 142 Å². The van der Waals surface area contributed by atoms with E-state index in [9.17, 15) is 14.0 Å². The van der Waals surface area contributed by atoms with Gasteiger partial charge in [-0.15, -0.1) is 0 Å². The van der Waals surface area contributed by atoms with Crippen molar-refractivity contribution in [2.45, 2.75) is 51.0 Å². The fourth-order valence-electron chi connectivity index (χ4n) is 5.33. The lowest BCUT2D eigenvalue weighted by atomic mass is 9.87. The van der Waals surface area contributed by atoms with Crippen molar-refractivity contribution in [2.75, 3.05) is 31.0 Å². The summed E-state index contributed by atoms with van der Waals surface area (Å²) in [4.78, 5) is 34.5. The summed E-state index contributed by atoms with van der Waals surface area (Å²) in [5.41, 5.74) is 3.03. The van der Waals surface area contributed by atoms with E-state index in [-0.39, 0.29) is 34.9 Å². The minimum atomic E-state index is -0.344. The van der Waals surface area contributed by atoms with Gasteiger partial charge in [-0.1, -0.05) is 11.5 Å². The quantitative estimate of drug-likeness (QED) is 0.153. The Kier molecular flexibility index (Phi) is 11.0. The molecule has 0 bridgehead atoms. The molecule has 12 heteroatoms. The standard InChI is InChI=1S/C33H35FN6O4S/c1-43-27-10-4-21(5-11-27)32(41)39-30-18-22(12-14-36-30)23-17-26(38-31(19-23)37-25-8-6-24(34)7-9-25)13-16-44-15-2-3-29-28(20-35)33(42)40-45-29/h6-9,12,14,17-19,21,27H,2-5,10-11,13,15-16H2,1H3,(H,37,38)(H,40,42)(H,36,39,41). The fraction of sp³-hybridized carbons (Fsp3) is 0.364. The van der Waals surface area contributed by atoms with Crippen molar-refractivity contribution in [1.82, 2.24) is 14.3 Å². The second kappa shape index (κ2) is 15.5. The van der Waals surface area contributed by atoms with Gasteiger partial charge in [0.1, 0.15) is 29.1 Å². The van der Waals surface area contributed by atoms with Crippen LogP contribution in [0, 0.1) is 23.1 Å². The third-order valence-corrected chi connectivity index (χ3v) is 8.74. The van der Waals surface area contributed by atoms with Gasteiger partial charge in [-0.05, 0) is 98.2 Å². The predicted octanol–water partition coefficient (Wildman–Crippen LogP) is 5.98. The van der Waals surface area contributed by atoms with Crippen molar-refractivity contribution in [2.24, 2.45) is 5.92 Å². The van der Waals surface area contributed by atoms with Crippen molar-refractivity contribution in [3.63, 3.8) is 0 Å². The van der Waals surface area contributed by atoms with Gasteiger partial charge in [-0.25, -0.2) is 14.4 Å². The molecule has 10 nitrogen and oxygen atoms in total. The molecule has 0 saturated heterocycles. The second-order valence-electron chi connectivity index (χ2n) is 10.9. The molecule has 5 rings (SSSR count). The van der Waals surface area contributed by atoms with Gasteiger partial charge in [0.2, 0.25) is 5.91 Å². The summed E-state index contributed by atoms with van der Waals surface area (Å²) in [5.74, 6) is 0.635. The van der Waals surface area contributed by atoms with Crippen LogP contribution in [0.1, 0.15) is 48.2 Å². The Morgan fingerprint density at radius 1 is 1.07 bits per heavy atom. The maximum Gasteiger partial charge on any atom is 0.276 e. The largest absolute Gasteiger partial charge is 0.381 e. The van der Waals surface area contributed by atoms with Crippen LogP contribution in [0.25, 0.3) is 11.1 Å². The second-order valence-corrected chi connectivity index (χ2v) is 11.8. The van der Waals surface area contributed by atoms with Crippen LogP contribution in [-0.2, 0) is 27.1 Å². The molecular formula is C33H35FN6O4S. The molecule has 0 radical (unpaired) electrons. The summed E-state index contributed by atoms with van der Waals surface area (Å²) >= 11 is 1.19. The number of carbonyl (C=O) groups is 1. The van der Waals surface area contributed by atoms with E-state index in [0.717, 1.165) is 47.4 Å². The van der Waals surface area contributed by atoms with E-state index in [4.69, 9.17) is 19.7 Å². The summed E-state index contributed by atoms with van der Waals surface area (Å²) in [7, 11) is 1.71. The van der Waals surface area contributed by atoms with E-state index in [1.807, 2.05) is 30.3 Å². The zero-order valence-corrected chi connectivity index (χ0v) is 25.8. The first-order chi connectivity index (χ1) is 21.9. The first-order valence-corrected chi connectivity index (χ1v) is 15.8. The van der Waals surface area contributed by atoms with E-state index >= 15 is 0 Å². The molecule has 0 atom stereocenters. The van der Waals surface area contributed by atoms with Gasteiger partial charge in [-0.3, -0.25) is 14.0 Å². The SMILES string of the molecule is COC1CCC(C(=O)Nc2cc(-c3cc(CCOCCCc4s[nH]c(=O)c4C#N)nc(Nc4ccc(F)cc4)c3)ccn2)CC1. The number of amides is 1. The van der Waals surface area contributed by atoms with Crippen molar-refractivity contribution in [3.05, 3.63) is 87.0 Å². The third-order valence-electron chi connectivity index (χ3n) is 7.80. The highest BCUT2D eigenvalue weighted by Gasteiger charge is 2.26.